The van der Waals surface area contributed by atoms with E-state index < -0.39 is 92.7 Å². The largest absolute Gasteiger partial charge is 0.462 e. The molecule has 0 radical (unpaired) electrons. The number of aliphatic hydroxyl groups excluding tert-OH is 7. The molecular formula is C49H86O15. The van der Waals surface area contributed by atoms with Crippen LogP contribution in [0.3, 0.4) is 0 Å². The van der Waals surface area contributed by atoms with Gasteiger partial charge in [-0.25, -0.2) is 0 Å². The van der Waals surface area contributed by atoms with E-state index in [1.54, 1.807) is 0 Å². The third-order valence-electron chi connectivity index (χ3n) is 11.6. The lowest BCUT2D eigenvalue weighted by molar-refractivity contribution is -0.332. The van der Waals surface area contributed by atoms with Crippen LogP contribution in [0.5, 0.6) is 0 Å². The molecule has 64 heavy (non-hydrogen) atoms. The maximum Gasteiger partial charge on any atom is 0.306 e. The minimum Gasteiger partial charge on any atom is -0.462 e. The van der Waals surface area contributed by atoms with E-state index in [9.17, 15) is 45.3 Å². The molecule has 15 nitrogen and oxygen atoms in total. The van der Waals surface area contributed by atoms with Gasteiger partial charge in [-0.15, -0.1) is 0 Å². The second-order valence-corrected chi connectivity index (χ2v) is 17.3. The summed E-state index contributed by atoms with van der Waals surface area (Å²) in [7, 11) is 0. The zero-order chi connectivity index (χ0) is 46.8. The minimum atomic E-state index is -1.77. The van der Waals surface area contributed by atoms with Crippen LogP contribution in [-0.4, -0.2) is 142 Å². The summed E-state index contributed by atoms with van der Waals surface area (Å²) in [5.41, 5.74) is 0. The van der Waals surface area contributed by atoms with Crippen molar-refractivity contribution in [3.8, 4) is 0 Å². The normalized spacial score (nSPS) is 26.9. The number of esters is 2. The van der Waals surface area contributed by atoms with Crippen LogP contribution in [0.2, 0.25) is 0 Å². The third kappa shape index (κ3) is 25.0. The predicted octanol–water partition coefficient (Wildman–Crippen LogP) is 6.15. The summed E-state index contributed by atoms with van der Waals surface area (Å²) in [6.07, 6.45) is 20.3. The molecule has 0 saturated carbocycles. The Morgan fingerprint density at radius 1 is 0.516 bits per heavy atom. The molecule has 11 atom stereocenters. The number of rotatable bonds is 37. The van der Waals surface area contributed by atoms with Crippen LogP contribution in [-0.2, 0) is 38.0 Å². The van der Waals surface area contributed by atoms with Crippen molar-refractivity contribution in [2.24, 2.45) is 0 Å². The maximum atomic E-state index is 13.0. The number of carbonyl (C=O) groups is 2. The number of unbranched alkanes of at least 4 members (excludes halogenated alkanes) is 17. The summed E-state index contributed by atoms with van der Waals surface area (Å²) < 4.78 is 33.5. The fourth-order valence-corrected chi connectivity index (χ4v) is 7.58. The van der Waals surface area contributed by atoms with Crippen molar-refractivity contribution in [1.82, 2.24) is 0 Å². The highest BCUT2D eigenvalue weighted by Gasteiger charge is 2.47. The average Bonchev–Trinajstić information content (AvgIpc) is 3.29. The van der Waals surface area contributed by atoms with Gasteiger partial charge in [-0.1, -0.05) is 147 Å². The summed E-state index contributed by atoms with van der Waals surface area (Å²) >= 11 is 0. The molecular weight excluding hydrogens is 829 g/mol. The molecule has 15 heteroatoms. The lowest BCUT2D eigenvalue weighted by Gasteiger charge is -2.42. The Hall–Kier alpha value is -2.28. The number of hydrogen-bond acceptors (Lipinski definition) is 15. The van der Waals surface area contributed by atoms with E-state index >= 15 is 0 Å². The first-order valence-corrected chi connectivity index (χ1v) is 24.6. The first-order chi connectivity index (χ1) is 31.0. The van der Waals surface area contributed by atoms with E-state index in [1.807, 2.05) is 0 Å². The fraction of sp³-hybridized carbons (Fsp3) is 0.837. The van der Waals surface area contributed by atoms with Crippen LogP contribution < -0.4 is 0 Å². The van der Waals surface area contributed by atoms with Crippen LogP contribution in [0.1, 0.15) is 168 Å². The lowest BCUT2D eigenvalue weighted by atomic mass is 9.98. The molecule has 7 N–H and O–H groups in total. The summed E-state index contributed by atoms with van der Waals surface area (Å²) in [4.78, 5) is 25.7. The quantitative estimate of drug-likeness (QED) is 0.0211. The highest BCUT2D eigenvalue weighted by Crippen LogP contribution is 2.26. The molecule has 0 aromatic carbocycles. The SMILES string of the molecule is CCC=CCC=CCC=CCCCCCCCC(=O)OC[C@H](CO[C@H]1O[C@H](CO[C@H]2O[C@H](CO)[C@H](O)[C@H](O)[C@H]2O)[C@H](O)[C@H](O)[C@@H]1O)OC(=O)CCCCCCCCCCCCCCC. The van der Waals surface area contributed by atoms with Crippen molar-refractivity contribution in [3.63, 3.8) is 0 Å². The zero-order valence-corrected chi connectivity index (χ0v) is 39.0. The maximum absolute atomic E-state index is 13.0. The first-order valence-electron chi connectivity index (χ1n) is 24.6. The Kier molecular flexibility index (Phi) is 33.3. The molecule has 2 aliphatic heterocycles. The second kappa shape index (κ2) is 36.8. The van der Waals surface area contributed by atoms with Gasteiger partial charge in [0, 0.05) is 12.8 Å². The fourth-order valence-electron chi connectivity index (χ4n) is 7.58. The van der Waals surface area contributed by atoms with Crippen molar-refractivity contribution >= 4 is 11.9 Å². The summed E-state index contributed by atoms with van der Waals surface area (Å²) in [6, 6.07) is 0. The van der Waals surface area contributed by atoms with Gasteiger partial charge in [0.05, 0.1) is 19.8 Å². The molecule has 2 saturated heterocycles. The molecule has 0 amide bonds. The molecule has 0 unspecified atom stereocenters. The Morgan fingerprint density at radius 3 is 1.55 bits per heavy atom. The smallest absolute Gasteiger partial charge is 0.306 e. The van der Waals surface area contributed by atoms with E-state index in [0.29, 0.717) is 12.8 Å². The van der Waals surface area contributed by atoms with Crippen molar-refractivity contribution in [2.45, 2.75) is 235 Å². The van der Waals surface area contributed by atoms with E-state index in [-0.39, 0.29) is 26.1 Å². The van der Waals surface area contributed by atoms with E-state index in [4.69, 9.17) is 28.4 Å². The van der Waals surface area contributed by atoms with Gasteiger partial charge in [-0.05, 0) is 44.9 Å². The number of carbonyl (C=O) groups excluding carboxylic acids is 2. The molecule has 2 aliphatic rings. The Bertz CT molecular complexity index is 1260. The second-order valence-electron chi connectivity index (χ2n) is 17.3. The van der Waals surface area contributed by atoms with Crippen LogP contribution in [0.4, 0.5) is 0 Å². The van der Waals surface area contributed by atoms with Crippen LogP contribution in [0, 0.1) is 0 Å². The van der Waals surface area contributed by atoms with Crippen molar-refractivity contribution < 1.29 is 73.8 Å². The van der Waals surface area contributed by atoms with Gasteiger partial charge in [0.2, 0.25) is 0 Å². The van der Waals surface area contributed by atoms with Crippen molar-refractivity contribution in [2.75, 3.05) is 26.4 Å². The van der Waals surface area contributed by atoms with Gasteiger partial charge in [-0.3, -0.25) is 9.59 Å². The minimum absolute atomic E-state index is 0.164. The van der Waals surface area contributed by atoms with Gasteiger partial charge in [-0.2, -0.15) is 0 Å². The highest BCUT2D eigenvalue weighted by atomic mass is 16.7. The van der Waals surface area contributed by atoms with E-state index in [2.05, 4.69) is 50.3 Å². The Labute approximate surface area is 383 Å². The number of allylic oxidation sites excluding steroid dienone is 6. The third-order valence-corrected chi connectivity index (χ3v) is 11.6. The number of ether oxygens (including phenoxy) is 6. The topological polar surface area (TPSA) is 231 Å². The molecule has 0 aromatic heterocycles. The van der Waals surface area contributed by atoms with Crippen LogP contribution >= 0.6 is 0 Å². The molecule has 2 rings (SSSR count). The van der Waals surface area contributed by atoms with Gasteiger partial charge in [0.1, 0.15) is 55.4 Å². The molecule has 2 heterocycles. The van der Waals surface area contributed by atoms with E-state index in [0.717, 1.165) is 70.6 Å². The molecule has 0 aromatic rings. The van der Waals surface area contributed by atoms with Gasteiger partial charge in [0.25, 0.3) is 0 Å². The number of aliphatic hydroxyl groups is 7. The molecule has 0 aliphatic carbocycles. The highest BCUT2D eigenvalue weighted by molar-refractivity contribution is 5.70. The van der Waals surface area contributed by atoms with Gasteiger partial charge < -0.3 is 64.2 Å². The van der Waals surface area contributed by atoms with E-state index in [1.165, 1.54) is 57.8 Å². The molecule has 372 valence electrons. The van der Waals surface area contributed by atoms with Crippen LogP contribution in [0.15, 0.2) is 36.5 Å². The Morgan fingerprint density at radius 2 is 0.984 bits per heavy atom. The lowest BCUT2D eigenvalue weighted by Crippen LogP contribution is -2.61. The van der Waals surface area contributed by atoms with Crippen LogP contribution in [0.25, 0.3) is 0 Å². The van der Waals surface area contributed by atoms with Gasteiger partial charge >= 0.3 is 11.9 Å². The molecule has 0 spiro atoms. The zero-order valence-electron chi connectivity index (χ0n) is 39.0. The number of hydrogen-bond donors (Lipinski definition) is 7. The summed E-state index contributed by atoms with van der Waals surface area (Å²) in [6.45, 7) is 2.45. The first kappa shape index (κ1) is 57.8. The summed E-state index contributed by atoms with van der Waals surface area (Å²) in [5.74, 6) is -0.943. The molecule has 0 bridgehead atoms. The standard InChI is InChI=1S/C49H86O15/c1-3-5-7-9-11-13-15-17-18-20-21-23-25-27-29-31-40(51)59-34-37(62-41(52)32-30-28-26-24-22-19-16-14-12-10-8-6-4-2)35-60-48-47(58)45(56)43(54)39(64-48)36-61-49-46(57)44(55)42(53)38(33-50)63-49/h5,7,11,13,17-18,37-39,42-50,53-58H,3-4,6,8-10,12,14-16,19-36H2,1-2H3/t37-,38-,39-,42+,43+,44+,45+,46-,47+,48+,49+/m1/s1. The van der Waals surface area contributed by atoms with Crippen molar-refractivity contribution in [1.29, 1.82) is 0 Å². The van der Waals surface area contributed by atoms with Gasteiger partial charge in [0.15, 0.2) is 18.7 Å². The monoisotopic (exact) mass is 915 g/mol. The summed E-state index contributed by atoms with van der Waals surface area (Å²) in [5, 5.41) is 72.0. The molecule has 2 fully saturated rings. The Balaban J connectivity index is 1.83. The average molecular weight is 915 g/mol. The van der Waals surface area contributed by atoms with Crippen molar-refractivity contribution in [3.05, 3.63) is 36.5 Å². The predicted molar refractivity (Wildman–Crippen MR) is 243 cm³/mol.